The van der Waals surface area contributed by atoms with Crippen molar-refractivity contribution in [1.29, 1.82) is 0 Å². The Balaban J connectivity index is 1.84. The van der Waals surface area contributed by atoms with Gasteiger partial charge in [-0.25, -0.2) is 5.43 Å². The molecule has 0 saturated heterocycles. The topological polar surface area (TPSA) is 44.7 Å². The molecule has 2 aromatic carbocycles. The Kier molecular flexibility index (Phi) is 4.24. The molecular weight excluding hydrogens is 286 g/mol. The number of rotatable bonds is 4. The van der Waals surface area contributed by atoms with Crippen LogP contribution in [-0.4, -0.2) is 25.7 Å². The van der Waals surface area contributed by atoms with Gasteiger partial charge in [0.1, 0.15) is 0 Å². The summed E-state index contributed by atoms with van der Waals surface area (Å²) in [5, 5.41) is 4.18. The van der Waals surface area contributed by atoms with E-state index in [1.807, 2.05) is 79.7 Å². The van der Waals surface area contributed by atoms with Crippen LogP contribution in [-0.2, 0) is 11.2 Å². The lowest BCUT2D eigenvalue weighted by atomic mass is 10.0. The number of amides is 1. The number of anilines is 1. The van der Waals surface area contributed by atoms with Crippen LogP contribution >= 0.6 is 0 Å². The standard InChI is InChI=1S/C19H19N3O/c1-22(2)16-10-8-15(9-11-16)12-17-18(20-21-19(17)23)13-14-6-4-3-5-7-14/h3-12H,13H2,1-2H3,(H,21,23). The molecule has 1 amide bonds. The van der Waals surface area contributed by atoms with E-state index in [-0.39, 0.29) is 5.91 Å². The zero-order chi connectivity index (χ0) is 16.2. The Hall–Kier alpha value is -2.88. The van der Waals surface area contributed by atoms with Gasteiger partial charge in [-0.1, -0.05) is 42.5 Å². The van der Waals surface area contributed by atoms with Crippen LogP contribution in [0.15, 0.2) is 65.3 Å². The molecule has 4 nitrogen and oxygen atoms in total. The normalized spacial score (nSPS) is 15.5. The Morgan fingerprint density at radius 2 is 1.74 bits per heavy atom. The number of nitrogens with zero attached hydrogens (tertiary/aromatic N) is 2. The summed E-state index contributed by atoms with van der Waals surface area (Å²) in [4.78, 5) is 14.1. The second kappa shape index (κ2) is 6.48. The zero-order valence-electron chi connectivity index (χ0n) is 13.3. The van der Waals surface area contributed by atoms with Crippen LogP contribution in [0.2, 0.25) is 0 Å². The zero-order valence-corrected chi connectivity index (χ0v) is 13.3. The van der Waals surface area contributed by atoms with E-state index in [4.69, 9.17) is 0 Å². The predicted octanol–water partition coefficient (Wildman–Crippen LogP) is 2.86. The molecular formula is C19H19N3O. The van der Waals surface area contributed by atoms with Crippen LogP contribution in [0.5, 0.6) is 0 Å². The van der Waals surface area contributed by atoms with Crippen molar-refractivity contribution in [2.75, 3.05) is 19.0 Å². The van der Waals surface area contributed by atoms with E-state index in [1.54, 1.807) is 0 Å². The maximum Gasteiger partial charge on any atom is 0.273 e. The Morgan fingerprint density at radius 3 is 2.39 bits per heavy atom. The second-order valence-electron chi connectivity index (χ2n) is 5.71. The van der Waals surface area contributed by atoms with Crippen LogP contribution < -0.4 is 10.3 Å². The molecule has 4 heteroatoms. The molecule has 3 rings (SSSR count). The first-order valence-electron chi connectivity index (χ1n) is 7.54. The van der Waals surface area contributed by atoms with Gasteiger partial charge in [-0.2, -0.15) is 5.10 Å². The third kappa shape index (κ3) is 3.48. The molecule has 1 heterocycles. The summed E-state index contributed by atoms with van der Waals surface area (Å²) in [7, 11) is 4.00. The Morgan fingerprint density at radius 1 is 1.04 bits per heavy atom. The van der Waals surface area contributed by atoms with Gasteiger partial charge in [0.05, 0.1) is 11.3 Å². The molecule has 0 unspecified atom stereocenters. The number of carbonyl (C=O) groups excluding carboxylic acids is 1. The highest BCUT2D eigenvalue weighted by atomic mass is 16.2. The van der Waals surface area contributed by atoms with E-state index < -0.39 is 0 Å². The van der Waals surface area contributed by atoms with Gasteiger partial charge >= 0.3 is 0 Å². The van der Waals surface area contributed by atoms with E-state index >= 15 is 0 Å². The van der Waals surface area contributed by atoms with Crippen LogP contribution in [0.3, 0.4) is 0 Å². The molecule has 1 aliphatic rings. The molecule has 0 atom stereocenters. The summed E-state index contributed by atoms with van der Waals surface area (Å²) in [6.07, 6.45) is 2.53. The lowest BCUT2D eigenvalue weighted by Crippen LogP contribution is -2.14. The molecule has 0 aliphatic carbocycles. The average molecular weight is 305 g/mol. The fourth-order valence-corrected chi connectivity index (χ4v) is 2.48. The molecule has 2 aromatic rings. The van der Waals surface area contributed by atoms with Crippen molar-refractivity contribution in [3.63, 3.8) is 0 Å². The van der Waals surface area contributed by atoms with E-state index in [0.29, 0.717) is 12.0 Å². The highest BCUT2D eigenvalue weighted by Gasteiger charge is 2.22. The van der Waals surface area contributed by atoms with Crippen molar-refractivity contribution in [2.45, 2.75) is 6.42 Å². The van der Waals surface area contributed by atoms with E-state index in [9.17, 15) is 4.79 Å². The molecule has 0 radical (unpaired) electrons. The van der Waals surface area contributed by atoms with Crippen LogP contribution in [0, 0.1) is 0 Å². The minimum atomic E-state index is -0.146. The lowest BCUT2D eigenvalue weighted by Gasteiger charge is -2.12. The summed E-state index contributed by atoms with van der Waals surface area (Å²) in [6, 6.07) is 18.1. The third-order valence-electron chi connectivity index (χ3n) is 3.78. The monoisotopic (exact) mass is 305 g/mol. The lowest BCUT2D eigenvalue weighted by molar-refractivity contribution is -0.116. The van der Waals surface area contributed by atoms with Crippen molar-refractivity contribution in [2.24, 2.45) is 5.10 Å². The number of hydrogen-bond acceptors (Lipinski definition) is 3. The van der Waals surface area contributed by atoms with Gasteiger partial charge in [0, 0.05) is 26.2 Å². The Labute approximate surface area is 136 Å². The summed E-state index contributed by atoms with van der Waals surface area (Å²) in [6.45, 7) is 0. The van der Waals surface area contributed by atoms with Crippen molar-refractivity contribution in [3.05, 3.63) is 71.3 Å². The molecule has 1 N–H and O–H groups in total. The van der Waals surface area contributed by atoms with Gasteiger partial charge in [-0.05, 0) is 29.3 Å². The largest absolute Gasteiger partial charge is 0.378 e. The number of nitrogens with one attached hydrogen (secondary N) is 1. The first kappa shape index (κ1) is 15.0. The number of hydrazone groups is 1. The molecule has 0 spiro atoms. The fourth-order valence-electron chi connectivity index (χ4n) is 2.48. The molecule has 0 fully saturated rings. The summed E-state index contributed by atoms with van der Waals surface area (Å²) >= 11 is 0. The van der Waals surface area contributed by atoms with Gasteiger partial charge in [-0.3, -0.25) is 4.79 Å². The first-order chi connectivity index (χ1) is 11.1. The molecule has 116 valence electrons. The van der Waals surface area contributed by atoms with E-state index in [0.717, 1.165) is 22.5 Å². The highest BCUT2D eigenvalue weighted by Crippen LogP contribution is 2.18. The summed E-state index contributed by atoms with van der Waals surface area (Å²) in [5.41, 5.74) is 7.22. The SMILES string of the molecule is CN(C)c1ccc(C=C2C(=O)NN=C2Cc2ccccc2)cc1. The van der Waals surface area contributed by atoms with Gasteiger partial charge < -0.3 is 4.90 Å². The minimum Gasteiger partial charge on any atom is -0.378 e. The van der Waals surface area contributed by atoms with Crippen molar-refractivity contribution >= 4 is 23.4 Å². The minimum absolute atomic E-state index is 0.146. The number of carbonyl (C=O) groups is 1. The predicted molar refractivity (Wildman–Crippen MR) is 94.5 cm³/mol. The van der Waals surface area contributed by atoms with Crippen molar-refractivity contribution in [3.8, 4) is 0 Å². The molecule has 0 aromatic heterocycles. The summed E-state index contributed by atoms with van der Waals surface area (Å²) in [5.74, 6) is -0.146. The average Bonchev–Trinajstić information content (AvgIpc) is 2.89. The number of benzene rings is 2. The van der Waals surface area contributed by atoms with Gasteiger partial charge in [0.2, 0.25) is 0 Å². The molecule has 0 saturated carbocycles. The van der Waals surface area contributed by atoms with E-state index in [1.165, 1.54) is 0 Å². The Bertz CT molecular complexity index is 759. The quantitative estimate of drug-likeness (QED) is 0.883. The highest BCUT2D eigenvalue weighted by molar-refractivity contribution is 6.27. The van der Waals surface area contributed by atoms with Gasteiger partial charge in [-0.15, -0.1) is 0 Å². The maximum atomic E-state index is 12.1. The third-order valence-corrected chi connectivity index (χ3v) is 3.78. The van der Waals surface area contributed by atoms with Gasteiger partial charge in [0.25, 0.3) is 5.91 Å². The van der Waals surface area contributed by atoms with E-state index in [2.05, 4.69) is 10.5 Å². The summed E-state index contributed by atoms with van der Waals surface area (Å²) < 4.78 is 0. The molecule has 1 aliphatic heterocycles. The first-order valence-corrected chi connectivity index (χ1v) is 7.54. The van der Waals surface area contributed by atoms with Crippen molar-refractivity contribution in [1.82, 2.24) is 5.43 Å². The maximum absolute atomic E-state index is 12.1. The van der Waals surface area contributed by atoms with Crippen LogP contribution in [0.1, 0.15) is 11.1 Å². The van der Waals surface area contributed by atoms with Crippen LogP contribution in [0.25, 0.3) is 6.08 Å². The molecule has 23 heavy (non-hydrogen) atoms. The van der Waals surface area contributed by atoms with Gasteiger partial charge in [0.15, 0.2) is 0 Å². The smallest absolute Gasteiger partial charge is 0.273 e. The molecule has 0 bridgehead atoms. The number of hydrogen-bond donors (Lipinski definition) is 1. The van der Waals surface area contributed by atoms with Crippen LogP contribution in [0.4, 0.5) is 5.69 Å². The fraction of sp³-hybridized carbons (Fsp3) is 0.158. The second-order valence-corrected chi connectivity index (χ2v) is 5.71. The van der Waals surface area contributed by atoms with Crippen molar-refractivity contribution < 1.29 is 4.79 Å².